The summed E-state index contributed by atoms with van der Waals surface area (Å²) in [4.78, 5) is 12.2. The summed E-state index contributed by atoms with van der Waals surface area (Å²) in [5.41, 5.74) is 5.54. The third-order valence-electron chi connectivity index (χ3n) is 4.46. The molecule has 156 valence electrons. The second-order valence-corrected chi connectivity index (χ2v) is 9.98. The third-order valence-corrected chi connectivity index (χ3v) is 5.71. The molecule has 0 aliphatic heterocycles. The number of rotatable bonds is 8. The molecule has 0 aromatic heterocycles. The number of nitrogens with zero attached hydrogens (tertiary/aromatic N) is 2. The van der Waals surface area contributed by atoms with Gasteiger partial charge in [0.1, 0.15) is 0 Å². The van der Waals surface area contributed by atoms with Gasteiger partial charge in [-0.3, -0.25) is 4.79 Å². The van der Waals surface area contributed by atoms with Gasteiger partial charge in [-0.2, -0.15) is 9.41 Å². The van der Waals surface area contributed by atoms with Crippen molar-refractivity contribution in [3.05, 3.63) is 71.3 Å². The topological polar surface area (TPSA) is 78.8 Å². The van der Waals surface area contributed by atoms with E-state index in [1.807, 2.05) is 54.6 Å². The normalized spacial score (nSPS) is 12.4. The zero-order chi connectivity index (χ0) is 21.5. The van der Waals surface area contributed by atoms with Crippen molar-refractivity contribution in [3.8, 4) is 0 Å². The average Bonchev–Trinajstić information content (AvgIpc) is 2.65. The molecule has 0 aliphatic rings. The van der Waals surface area contributed by atoms with Gasteiger partial charge in [-0.25, -0.2) is 13.8 Å². The second-order valence-electron chi connectivity index (χ2n) is 8.00. The predicted octanol–water partition coefficient (Wildman–Crippen LogP) is 2.94. The van der Waals surface area contributed by atoms with Gasteiger partial charge in [0.05, 0.1) is 19.0 Å². The number of sulfonamides is 1. The van der Waals surface area contributed by atoms with Crippen LogP contribution in [-0.4, -0.2) is 44.2 Å². The van der Waals surface area contributed by atoms with Crippen LogP contribution in [0.4, 0.5) is 0 Å². The molecule has 1 amide bonds. The molecular weight excluding hydrogens is 386 g/mol. The summed E-state index contributed by atoms with van der Waals surface area (Å²) >= 11 is 0. The molecule has 0 bridgehead atoms. The van der Waals surface area contributed by atoms with Crippen molar-refractivity contribution in [1.82, 2.24) is 9.73 Å². The molecule has 0 atom stereocenters. The number of nitrogens with one attached hydrogen (secondary N) is 1. The lowest BCUT2D eigenvalue weighted by molar-refractivity contribution is -0.121. The lowest BCUT2D eigenvalue weighted by atomic mass is 9.87. The lowest BCUT2D eigenvalue weighted by Gasteiger charge is -2.19. The van der Waals surface area contributed by atoms with Crippen LogP contribution in [0.15, 0.2) is 59.7 Å². The fraction of sp³-hybridized carbons (Fsp3) is 0.364. The largest absolute Gasteiger partial charge is 0.272 e. The molecule has 2 aromatic rings. The Bertz CT molecular complexity index is 932. The minimum atomic E-state index is -3.51. The summed E-state index contributed by atoms with van der Waals surface area (Å²) in [6.45, 7) is 6.38. The van der Waals surface area contributed by atoms with Crippen LogP contribution in [0.1, 0.15) is 37.5 Å². The van der Waals surface area contributed by atoms with E-state index >= 15 is 0 Å². The van der Waals surface area contributed by atoms with E-state index in [0.29, 0.717) is 6.42 Å². The van der Waals surface area contributed by atoms with Gasteiger partial charge in [-0.1, -0.05) is 75.4 Å². The molecule has 0 saturated heterocycles. The Morgan fingerprint density at radius 2 is 1.69 bits per heavy atom. The van der Waals surface area contributed by atoms with Gasteiger partial charge in [0, 0.05) is 6.54 Å². The Kier molecular flexibility index (Phi) is 7.70. The molecule has 0 fully saturated rings. The monoisotopic (exact) mass is 415 g/mol. The lowest BCUT2D eigenvalue weighted by Crippen LogP contribution is -2.40. The van der Waals surface area contributed by atoms with Crippen LogP contribution >= 0.6 is 0 Å². The van der Waals surface area contributed by atoms with Gasteiger partial charge >= 0.3 is 0 Å². The van der Waals surface area contributed by atoms with E-state index in [2.05, 4.69) is 31.3 Å². The van der Waals surface area contributed by atoms with E-state index in [9.17, 15) is 13.2 Å². The number of hydrogen-bond acceptors (Lipinski definition) is 4. The van der Waals surface area contributed by atoms with Crippen LogP contribution < -0.4 is 5.43 Å². The quantitative estimate of drug-likeness (QED) is 0.532. The molecule has 0 radical (unpaired) electrons. The Hall–Kier alpha value is -2.51. The number of amides is 1. The zero-order valence-corrected chi connectivity index (χ0v) is 18.2. The van der Waals surface area contributed by atoms with Crippen molar-refractivity contribution < 1.29 is 13.2 Å². The Balaban J connectivity index is 1.91. The van der Waals surface area contributed by atoms with Crippen molar-refractivity contribution in [2.75, 3.05) is 19.3 Å². The van der Waals surface area contributed by atoms with Crippen molar-refractivity contribution in [2.24, 2.45) is 5.10 Å². The highest BCUT2D eigenvalue weighted by Gasteiger charge is 2.19. The van der Waals surface area contributed by atoms with E-state index < -0.39 is 15.9 Å². The maximum atomic E-state index is 12.2. The van der Waals surface area contributed by atoms with E-state index in [-0.39, 0.29) is 18.5 Å². The van der Waals surface area contributed by atoms with E-state index in [0.717, 1.165) is 21.7 Å². The zero-order valence-electron chi connectivity index (χ0n) is 17.4. The van der Waals surface area contributed by atoms with Crippen LogP contribution in [-0.2, 0) is 26.7 Å². The summed E-state index contributed by atoms with van der Waals surface area (Å²) in [6.07, 6.45) is 3.18. The van der Waals surface area contributed by atoms with Crippen LogP contribution in [0.5, 0.6) is 0 Å². The van der Waals surface area contributed by atoms with E-state index in [1.54, 1.807) is 6.21 Å². The summed E-state index contributed by atoms with van der Waals surface area (Å²) in [7, 11) is -3.51. The molecule has 2 aromatic carbocycles. The maximum Gasteiger partial charge on any atom is 0.255 e. The Morgan fingerprint density at radius 3 is 2.24 bits per heavy atom. The number of hydrogen-bond donors (Lipinski definition) is 1. The summed E-state index contributed by atoms with van der Waals surface area (Å²) in [5, 5.41) is 3.94. The molecule has 0 heterocycles. The first-order valence-corrected chi connectivity index (χ1v) is 11.3. The first kappa shape index (κ1) is 22.8. The highest BCUT2D eigenvalue weighted by atomic mass is 32.2. The minimum absolute atomic E-state index is 0.0682. The molecule has 0 saturated carbocycles. The van der Waals surface area contributed by atoms with Gasteiger partial charge in [0.2, 0.25) is 10.0 Å². The highest BCUT2D eigenvalue weighted by Crippen LogP contribution is 2.21. The van der Waals surface area contributed by atoms with Crippen LogP contribution in [0.2, 0.25) is 0 Å². The van der Waals surface area contributed by atoms with Crippen molar-refractivity contribution in [3.63, 3.8) is 0 Å². The van der Waals surface area contributed by atoms with Crippen LogP contribution in [0.25, 0.3) is 0 Å². The summed E-state index contributed by atoms with van der Waals surface area (Å²) in [5.74, 6) is -0.481. The molecular formula is C22H29N3O3S. The molecule has 7 heteroatoms. The Labute approximate surface area is 173 Å². The average molecular weight is 416 g/mol. The number of carbonyl (C=O) groups is 1. The molecule has 1 N–H and O–H groups in total. The standard InChI is InChI=1S/C22H29N3O3S/c1-22(2,3)20-12-10-19(11-13-20)16-23-24-21(26)17-25(29(4,27)28)15-14-18-8-6-5-7-9-18/h5-13,16H,14-15,17H2,1-4H3,(H,24,26). The van der Waals surface area contributed by atoms with E-state index in [4.69, 9.17) is 0 Å². The molecule has 0 spiro atoms. The first-order chi connectivity index (χ1) is 13.6. The molecule has 0 aliphatic carbocycles. The maximum absolute atomic E-state index is 12.2. The second kappa shape index (κ2) is 9.80. The summed E-state index contributed by atoms with van der Waals surface area (Å²) in [6, 6.07) is 17.5. The van der Waals surface area contributed by atoms with Gasteiger partial charge in [0.25, 0.3) is 5.91 Å². The van der Waals surface area contributed by atoms with E-state index in [1.165, 1.54) is 5.56 Å². The van der Waals surface area contributed by atoms with Gasteiger partial charge in [-0.05, 0) is 28.5 Å². The van der Waals surface area contributed by atoms with Gasteiger partial charge < -0.3 is 0 Å². The highest BCUT2D eigenvalue weighted by molar-refractivity contribution is 7.88. The minimum Gasteiger partial charge on any atom is -0.272 e. The molecule has 2 rings (SSSR count). The SMILES string of the molecule is CC(C)(C)c1ccc(C=NNC(=O)CN(CCc2ccccc2)S(C)(=O)=O)cc1. The first-order valence-electron chi connectivity index (χ1n) is 9.47. The smallest absolute Gasteiger partial charge is 0.255 e. The van der Waals surface area contributed by atoms with Gasteiger partial charge in [-0.15, -0.1) is 0 Å². The van der Waals surface area contributed by atoms with Crippen molar-refractivity contribution >= 4 is 22.1 Å². The van der Waals surface area contributed by atoms with Gasteiger partial charge in [0.15, 0.2) is 0 Å². The summed E-state index contributed by atoms with van der Waals surface area (Å²) < 4.78 is 25.2. The number of carbonyl (C=O) groups excluding carboxylic acids is 1. The molecule has 29 heavy (non-hydrogen) atoms. The number of benzene rings is 2. The fourth-order valence-corrected chi connectivity index (χ4v) is 3.48. The third kappa shape index (κ3) is 7.79. The number of hydrazone groups is 1. The van der Waals surface area contributed by atoms with Crippen LogP contribution in [0.3, 0.4) is 0 Å². The fourth-order valence-electron chi connectivity index (χ4n) is 2.70. The van der Waals surface area contributed by atoms with Crippen molar-refractivity contribution in [1.29, 1.82) is 0 Å². The predicted molar refractivity (Wildman–Crippen MR) is 117 cm³/mol. The van der Waals surface area contributed by atoms with Crippen LogP contribution in [0, 0.1) is 0 Å². The molecule has 6 nitrogen and oxygen atoms in total. The van der Waals surface area contributed by atoms with Crippen molar-refractivity contribution in [2.45, 2.75) is 32.6 Å². The Morgan fingerprint density at radius 1 is 1.07 bits per heavy atom. The molecule has 0 unspecified atom stereocenters.